The van der Waals surface area contributed by atoms with Crippen LogP contribution in [-0.2, 0) is 5.75 Å². The lowest BCUT2D eigenvalue weighted by atomic mass is 10.3. The van der Waals surface area contributed by atoms with Gasteiger partial charge in [0, 0.05) is 23.8 Å². The SMILES string of the molecule is Cc1ccn2c(=O)cc(CSCC(O)CO)nc2c1. The van der Waals surface area contributed by atoms with E-state index in [1.807, 2.05) is 19.1 Å². The number of thioether (sulfide) groups is 1. The van der Waals surface area contributed by atoms with Gasteiger partial charge in [0.15, 0.2) is 0 Å². The Labute approximate surface area is 114 Å². The zero-order valence-electron chi connectivity index (χ0n) is 10.6. The Bertz CT molecular complexity index is 627. The number of rotatable bonds is 5. The molecule has 0 fully saturated rings. The van der Waals surface area contributed by atoms with Gasteiger partial charge >= 0.3 is 0 Å². The molecule has 0 aliphatic carbocycles. The molecule has 2 aromatic rings. The smallest absolute Gasteiger partial charge is 0.258 e. The molecule has 5 nitrogen and oxygen atoms in total. The van der Waals surface area contributed by atoms with Crippen molar-refractivity contribution in [3.8, 4) is 0 Å². The average Bonchev–Trinajstić information content (AvgIpc) is 2.38. The minimum absolute atomic E-state index is 0.108. The van der Waals surface area contributed by atoms with Gasteiger partial charge < -0.3 is 10.2 Å². The molecule has 2 aromatic heterocycles. The average molecular weight is 280 g/mol. The van der Waals surface area contributed by atoms with E-state index < -0.39 is 6.10 Å². The standard InChI is InChI=1S/C13H16N2O3S/c1-9-2-3-15-12(4-9)14-10(5-13(15)18)7-19-8-11(17)6-16/h2-5,11,16-17H,6-8H2,1H3. The first-order chi connectivity index (χ1) is 9.10. The van der Waals surface area contributed by atoms with Crippen LogP contribution in [0.15, 0.2) is 29.2 Å². The molecule has 0 saturated carbocycles. The van der Waals surface area contributed by atoms with Gasteiger partial charge in [-0.25, -0.2) is 4.98 Å². The number of pyridine rings is 1. The molecule has 1 atom stereocenters. The number of hydrogen-bond donors (Lipinski definition) is 2. The molecule has 0 aliphatic rings. The maximum atomic E-state index is 11.9. The van der Waals surface area contributed by atoms with Crippen molar-refractivity contribution in [2.24, 2.45) is 0 Å². The Balaban J connectivity index is 2.18. The summed E-state index contributed by atoms with van der Waals surface area (Å²) in [6.07, 6.45) is 0.987. The molecule has 0 saturated heterocycles. The summed E-state index contributed by atoms with van der Waals surface area (Å²) in [7, 11) is 0. The van der Waals surface area contributed by atoms with Crippen LogP contribution in [0.2, 0.25) is 0 Å². The Morgan fingerprint density at radius 2 is 2.26 bits per heavy atom. The Hall–Kier alpha value is -1.37. The molecule has 2 rings (SSSR count). The maximum absolute atomic E-state index is 11.9. The fourth-order valence-corrected chi connectivity index (χ4v) is 2.53. The topological polar surface area (TPSA) is 74.8 Å². The second-order valence-electron chi connectivity index (χ2n) is 4.37. The highest BCUT2D eigenvalue weighted by atomic mass is 32.2. The maximum Gasteiger partial charge on any atom is 0.258 e. The fraction of sp³-hybridized carbons (Fsp3) is 0.385. The van der Waals surface area contributed by atoms with E-state index >= 15 is 0 Å². The number of aryl methyl sites for hydroxylation is 1. The predicted molar refractivity (Wildman–Crippen MR) is 75.5 cm³/mol. The largest absolute Gasteiger partial charge is 0.394 e. The van der Waals surface area contributed by atoms with Crippen molar-refractivity contribution in [1.29, 1.82) is 0 Å². The van der Waals surface area contributed by atoms with Crippen LogP contribution in [0.25, 0.3) is 5.65 Å². The Morgan fingerprint density at radius 1 is 1.47 bits per heavy atom. The minimum Gasteiger partial charge on any atom is -0.394 e. The molecule has 0 spiro atoms. The van der Waals surface area contributed by atoms with E-state index in [0.717, 1.165) is 5.56 Å². The normalized spacial score (nSPS) is 12.8. The minimum atomic E-state index is -0.728. The monoisotopic (exact) mass is 280 g/mol. The molecule has 6 heteroatoms. The summed E-state index contributed by atoms with van der Waals surface area (Å²) >= 11 is 1.44. The molecule has 0 amide bonds. The van der Waals surface area contributed by atoms with Crippen LogP contribution in [-0.4, -0.2) is 38.1 Å². The molecule has 2 heterocycles. The van der Waals surface area contributed by atoms with Gasteiger partial charge in [-0.05, 0) is 24.6 Å². The molecule has 0 radical (unpaired) electrons. The van der Waals surface area contributed by atoms with Crippen LogP contribution in [0.5, 0.6) is 0 Å². The third kappa shape index (κ3) is 3.56. The first-order valence-corrected chi connectivity index (χ1v) is 7.11. The van der Waals surface area contributed by atoms with Crippen LogP contribution in [0.4, 0.5) is 0 Å². The van der Waals surface area contributed by atoms with E-state index in [2.05, 4.69) is 4.98 Å². The molecular weight excluding hydrogens is 264 g/mol. The summed E-state index contributed by atoms with van der Waals surface area (Å²) in [6.45, 7) is 1.70. The predicted octanol–water partition coefficient (Wildman–Crippen LogP) is 0.589. The molecule has 0 aliphatic heterocycles. The molecule has 0 aromatic carbocycles. The van der Waals surface area contributed by atoms with Gasteiger partial charge in [-0.15, -0.1) is 0 Å². The van der Waals surface area contributed by atoms with E-state index in [4.69, 9.17) is 5.11 Å². The van der Waals surface area contributed by atoms with Gasteiger partial charge in [-0.3, -0.25) is 9.20 Å². The molecule has 2 N–H and O–H groups in total. The lowest BCUT2D eigenvalue weighted by Gasteiger charge is -2.07. The highest BCUT2D eigenvalue weighted by Crippen LogP contribution is 2.11. The van der Waals surface area contributed by atoms with Crippen molar-refractivity contribution < 1.29 is 10.2 Å². The Morgan fingerprint density at radius 3 is 3.00 bits per heavy atom. The molecule has 1 unspecified atom stereocenters. The van der Waals surface area contributed by atoms with Crippen LogP contribution in [0.1, 0.15) is 11.3 Å². The quantitative estimate of drug-likeness (QED) is 0.838. The summed E-state index contributed by atoms with van der Waals surface area (Å²) in [5, 5.41) is 18.0. The van der Waals surface area contributed by atoms with Crippen molar-refractivity contribution in [3.05, 3.63) is 46.0 Å². The molecule has 19 heavy (non-hydrogen) atoms. The fourth-order valence-electron chi connectivity index (χ4n) is 1.68. The number of aromatic nitrogens is 2. The zero-order valence-corrected chi connectivity index (χ0v) is 11.4. The van der Waals surface area contributed by atoms with Crippen molar-refractivity contribution in [2.75, 3.05) is 12.4 Å². The van der Waals surface area contributed by atoms with Crippen LogP contribution >= 0.6 is 11.8 Å². The highest BCUT2D eigenvalue weighted by molar-refractivity contribution is 7.98. The van der Waals surface area contributed by atoms with Crippen LogP contribution < -0.4 is 5.56 Å². The van der Waals surface area contributed by atoms with Gasteiger partial charge in [-0.1, -0.05) is 0 Å². The number of nitrogens with zero attached hydrogens (tertiary/aromatic N) is 2. The first-order valence-electron chi connectivity index (χ1n) is 5.96. The van der Waals surface area contributed by atoms with Gasteiger partial charge in [0.2, 0.25) is 0 Å². The summed E-state index contributed by atoms with van der Waals surface area (Å²) in [6, 6.07) is 5.22. The molecule has 0 bridgehead atoms. The third-order valence-electron chi connectivity index (χ3n) is 2.65. The Kier molecular flexibility index (Phi) is 4.57. The van der Waals surface area contributed by atoms with Gasteiger partial charge in [0.1, 0.15) is 5.65 Å². The van der Waals surface area contributed by atoms with Gasteiger partial charge in [-0.2, -0.15) is 11.8 Å². The summed E-state index contributed by atoms with van der Waals surface area (Å²) in [4.78, 5) is 16.3. The van der Waals surface area contributed by atoms with E-state index in [9.17, 15) is 9.90 Å². The lowest BCUT2D eigenvalue weighted by molar-refractivity contribution is 0.113. The second-order valence-corrected chi connectivity index (χ2v) is 5.40. The second kappa shape index (κ2) is 6.18. The number of fused-ring (bicyclic) bond motifs is 1. The summed E-state index contributed by atoms with van der Waals surface area (Å²) in [5.41, 5.74) is 2.26. The van der Waals surface area contributed by atoms with E-state index in [-0.39, 0.29) is 12.2 Å². The summed E-state index contributed by atoms with van der Waals surface area (Å²) in [5.74, 6) is 0.960. The first kappa shape index (κ1) is 14.0. The van der Waals surface area contributed by atoms with Crippen molar-refractivity contribution in [1.82, 2.24) is 9.38 Å². The third-order valence-corrected chi connectivity index (χ3v) is 3.77. The van der Waals surface area contributed by atoms with E-state index in [1.165, 1.54) is 22.2 Å². The van der Waals surface area contributed by atoms with E-state index in [0.29, 0.717) is 22.8 Å². The molecule has 102 valence electrons. The van der Waals surface area contributed by atoms with E-state index in [1.54, 1.807) is 6.20 Å². The zero-order chi connectivity index (χ0) is 13.8. The lowest BCUT2D eigenvalue weighted by Crippen LogP contribution is -2.16. The highest BCUT2D eigenvalue weighted by Gasteiger charge is 2.05. The van der Waals surface area contributed by atoms with Gasteiger partial charge in [0.05, 0.1) is 18.4 Å². The number of aliphatic hydroxyl groups is 2. The number of hydrogen-bond acceptors (Lipinski definition) is 5. The summed E-state index contributed by atoms with van der Waals surface area (Å²) < 4.78 is 1.50. The molecular formula is C13H16N2O3S. The van der Waals surface area contributed by atoms with Crippen molar-refractivity contribution >= 4 is 17.4 Å². The van der Waals surface area contributed by atoms with Crippen molar-refractivity contribution in [2.45, 2.75) is 18.8 Å². The van der Waals surface area contributed by atoms with Crippen molar-refractivity contribution in [3.63, 3.8) is 0 Å². The van der Waals surface area contributed by atoms with Crippen LogP contribution in [0.3, 0.4) is 0 Å². The number of aliphatic hydroxyl groups excluding tert-OH is 2. The van der Waals surface area contributed by atoms with Gasteiger partial charge in [0.25, 0.3) is 5.56 Å². The van der Waals surface area contributed by atoms with Crippen LogP contribution in [0, 0.1) is 6.92 Å².